The molecule has 2 N–H and O–H groups in total. The maximum absolute atomic E-state index is 5.73. The van der Waals surface area contributed by atoms with Gasteiger partial charge in [-0.05, 0) is 19.2 Å². The number of hydrogen-bond donors (Lipinski definition) is 1. The maximum atomic E-state index is 5.73. The Balaban J connectivity index is 1.74. The molecule has 3 rings (SSSR count). The molecule has 0 aromatic carbocycles. The number of aromatic nitrogens is 3. The van der Waals surface area contributed by atoms with Crippen LogP contribution in [0.25, 0.3) is 5.65 Å². The predicted octanol–water partition coefficient (Wildman–Crippen LogP) is 0.0589. The molecule has 0 radical (unpaired) electrons. The zero-order valence-electron chi connectivity index (χ0n) is 10.6. The summed E-state index contributed by atoms with van der Waals surface area (Å²) in [6.07, 6.45) is 1.80. The van der Waals surface area contributed by atoms with Gasteiger partial charge in [-0.15, -0.1) is 5.10 Å². The lowest BCUT2D eigenvalue weighted by molar-refractivity contribution is 0.145. The van der Waals surface area contributed by atoms with Crippen molar-refractivity contribution in [3.05, 3.63) is 24.2 Å². The molecule has 96 valence electrons. The number of anilines is 1. The number of pyridine rings is 1. The van der Waals surface area contributed by atoms with Crippen molar-refractivity contribution in [2.75, 3.05) is 39.0 Å². The van der Waals surface area contributed by atoms with Gasteiger partial charge < -0.3 is 10.6 Å². The van der Waals surface area contributed by atoms with E-state index < -0.39 is 0 Å². The molecule has 0 saturated carbocycles. The molecule has 1 aliphatic heterocycles. The Bertz CT molecular complexity index is 540. The topological polar surface area (TPSA) is 62.7 Å². The fourth-order valence-corrected chi connectivity index (χ4v) is 2.22. The highest BCUT2D eigenvalue weighted by atomic mass is 15.3. The van der Waals surface area contributed by atoms with Gasteiger partial charge in [0.15, 0.2) is 11.5 Å². The normalized spacial score (nSPS) is 18.5. The molecule has 0 unspecified atom stereocenters. The molecule has 2 aromatic rings. The van der Waals surface area contributed by atoms with Crippen molar-refractivity contribution in [2.24, 2.45) is 0 Å². The van der Waals surface area contributed by atoms with Gasteiger partial charge in [0.2, 0.25) is 0 Å². The summed E-state index contributed by atoms with van der Waals surface area (Å²) in [5.74, 6) is 0.866. The van der Waals surface area contributed by atoms with Gasteiger partial charge >= 0.3 is 0 Å². The maximum Gasteiger partial charge on any atom is 0.165 e. The monoisotopic (exact) mass is 246 g/mol. The predicted molar refractivity (Wildman–Crippen MR) is 70.2 cm³/mol. The summed E-state index contributed by atoms with van der Waals surface area (Å²) in [6.45, 7) is 5.19. The number of fused-ring (bicyclic) bond motifs is 1. The van der Waals surface area contributed by atoms with Crippen LogP contribution >= 0.6 is 0 Å². The summed E-state index contributed by atoms with van der Waals surface area (Å²) in [6, 6.07) is 3.75. The molecule has 1 fully saturated rings. The smallest absolute Gasteiger partial charge is 0.165 e. The first-order chi connectivity index (χ1) is 8.70. The van der Waals surface area contributed by atoms with Gasteiger partial charge in [-0.25, -0.2) is 9.50 Å². The van der Waals surface area contributed by atoms with Gasteiger partial charge in [0.05, 0.1) is 18.4 Å². The van der Waals surface area contributed by atoms with Crippen molar-refractivity contribution < 1.29 is 0 Å². The molecule has 1 saturated heterocycles. The fraction of sp³-hybridized carbons (Fsp3) is 0.500. The third-order valence-electron chi connectivity index (χ3n) is 3.36. The number of likely N-dealkylation sites (N-methyl/N-ethyl adjacent to an activating group) is 1. The molecule has 18 heavy (non-hydrogen) atoms. The molecular weight excluding hydrogens is 228 g/mol. The van der Waals surface area contributed by atoms with Gasteiger partial charge in [-0.2, -0.15) is 0 Å². The molecule has 1 aliphatic rings. The van der Waals surface area contributed by atoms with E-state index in [4.69, 9.17) is 5.73 Å². The second-order valence-electron chi connectivity index (χ2n) is 4.87. The first kappa shape index (κ1) is 11.4. The van der Waals surface area contributed by atoms with Crippen LogP contribution in [0.15, 0.2) is 18.3 Å². The Kier molecular flexibility index (Phi) is 2.89. The minimum atomic E-state index is 0.707. The van der Waals surface area contributed by atoms with E-state index in [0.717, 1.165) is 44.2 Å². The van der Waals surface area contributed by atoms with Crippen molar-refractivity contribution >= 4 is 11.3 Å². The lowest BCUT2D eigenvalue weighted by atomic mass is 10.3. The molecule has 0 amide bonds. The van der Waals surface area contributed by atoms with Crippen LogP contribution < -0.4 is 5.73 Å². The van der Waals surface area contributed by atoms with Crippen LogP contribution in [0.1, 0.15) is 5.82 Å². The van der Waals surface area contributed by atoms with Crippen LogP contribution in [0, 0.1) is 0 Å². The van der Waals surface area contributed by atoms with E-state index in [0.29, 0.717) is 5.69 Å². The van der Waals surface area contributed by atoms with Gasteiger partial charge in [-0.1, -0.05) is 0 Å². The average Bonchev–Trinajstić information content (AvgIpc) is 2.73. The molecule has 3 heterocycles. The summed E-state index contributed by atoms with van der Waals surface area (Å²) in [5.41, 5.74) is 7.29. The van der Waals surface area contributed by atoms with E-state index in [2.05, 4.69) is 26.9 Å². The van der Waals surface area contributed by atoms with E-state index in [1.165, 1.54) is 0 Å². The molecule has 6 nitrogen and oxygen atoms in total. The zero-order valence-corrected chi connectivity index (χ0v) is 10.6. The highest BCUT2D eigenvalue weighted by Gasteiger charge is 2.15. The van der Waals surface area contributed by atoms with Crippen molar-refractivity contribution in [3.63, 3.8) is 0 Å². The molecule has 6 heteroatoms. The standard InChI is InChI=1S/C12H18N6/c1-16-4-6-17(7-5-16)9-11-14-12-3-2-10(13)8-18(12)15-11/h2-3,8H,4-7,9,13H2,1H3. The molecular formula is C12H18N6. The van der Waals surface area contributed by atoms with Crippen LogP contribution in [0.4, 0.5) is 5.69 Å². The van der Waals surface area contributed by atoms with E-state index in [9.17, 15) is 0 Å². The Labute approximate surface area is 106 Å². The quantitative estimate of drug-likeness (QED) is 0.812. The Hall–Kier alpha value is -1.66. The molecule has 0 atom stereocenters. The summed E-state index contributed by atoms with van der Waals surface area (Å²) < 4.78 is 1.75. The third-order valence-corrected chi connectivity index (χ3v) is 3.36. The minimum absolute atomic E-state index is 0.707. The Morgan fingerprint density at radius 3 is 2.78 bits per heavy atom. The van der Waals surface area contributed by atoms with E-state index in [1.54, 1.807) is 10.7 Å². The van der Waals surface area contributed by atoms with Gasteiger partial charge in [0, 0.05) is 26.2 Å². The van der Waals surface area contributed by atoms with E-state index in [-0.39, 0.29) is 0 Å². The fourth-order valence-electron chi connectivity index (χ4n) is 2.22. The number of nitrogens with two attached hydrogens (primary N) is 1. The van der Waals surface area contributed by atoms with Gasteiger partial charge in [-0.3, -0.25) is 4.90 Å². The van der Waals surface area contributed by atoms with Gasteiger partial charge in [0.1, 0.15) is 0 Å². The molecule has 0 bridgehead atoms. The number of hydrogen-bond acceptors (Lipinski definition) is 5. The summed E-state index contributed by atoms with van der Waals surface area (Å²) in [7, 11) is 2.16. The SMILES string of the molecule is CN1CCN(Cc2nc3ccc(N)cn3n2)CC1. The number of nitrogens with zero attached hydrogens (tertiary/aromatic N) is 5. The van der Waals surface area contributed by atoms with Crippen molar-refractivity contribution in [3.8, 4) is 0 Å². The van der Waals surface area contributed by atoms with Crippen molar-refractivity contribution in [2.45, 2.75) is 6.54 Å². The van der Waals surface area contributed by atoms with Gasteiger partial charge in [0.25, 0.3) is 0 Å². The molecule has 0 aliphatic carbocycles. The molecule has 2 aromatic heterocycles. The van der Waals surface area contributed by atoms with E-state index in [1.807, 2.05) is 12.1 Å². The first-order valence-corrected chi connectivity index (χ1v) is 6.22. The van der Waals surface area contributed by atoms with E-state index >= 15 is 0 Å². The van der Waals surface area contributed by atoms with Crippen LogP contribution in [0.2, 0.25) is 0 Å². The third kappa shape index (κ3) is 2.30. The summed E-state index contributed by atoms with van der Waals surface area (Å²) in [4.78, 5) is 9.24. The van der Waals surface area contributed by atoms with Crippen LogP contribution in [-0.4, -0.2) is 57.6 Å². The summed E-state index contributed by atoms with van der Waals surface area (Å²) >= 11 is 0. The molecule has 0 spiro atoms. The minimum Gasteiger partial charge on any atom is -0.397 e. The first-order valence-electron chi connectivity index (χ1n) is 6.22. The zero-order chi connectivity index (χ0) is 12.5. The highest BCUT2D eigenvalue weighted by Crippen LogP contribution is 2.08. The van der Waals surface area contributed by atoms with Crippen LogP contribution in [0.3, 0.4) is 0 Å². The number of nitrogen functional groups attached to an aromatic ring is 1. The summed E-state index contributed by atoms with van der Waals surface area (Å²) in [5, 5.41) is 4.46. The lowest BCUT2D eigenvalue weighted by Crippen LogP contribution is -2.44. The second-order valence-corrected chi connectivity index (χ2v) is 4.87. The lowest BCUT2D eigenvalue weighted by Gasteiger charge is -2.31. The van der Waals surface area contributed by atoms with Crippen molar-refractivity contribution in [1.82, 2.24) is 24.4 Å². The Morgan fingerprint density at radius 2 is 2.00 bits per heavy atom. The largest absolute Gasteiger partial charge is 0.397 e. The Morgan fingerprint density at radius 1 is 1.22 bits per heavy atom. The van der Waals surface area contributed by atoms with Crippen LogP contribution in [0.5, 0.6) is 0 Å². The average molecular weight is 246 g/mol. The number of rotatable bonds is 2. The number of piperazine rings is 1. The highest BCUT2D eigenvalue weighted by molar-refractivity contribution is 5.46. The second kappa shape index (κ2) is 4.55. The van der Waals surface area contributed by atoms with Crippen molar-refractivity contribution in [1.29, 1.82) is 0 Å². The van der Waals surface area contributed by atoms with Crippen LogP contribution in [-0.2, 0) is 6.54 Å².